The number of anilines is 2. The number of nitrogens with zero attached hydrogens (tertiary/aromatic N) is 6. The van der Waals surface area contributed by atoms with Crippen molar-refractivity contribution in [3.05, 3.63) is 42.0 Å². The third-order valence-corrected chi connectivity index (χ3v) is 5.06. The molecular weight excluding hydrogens is 312 g/mol. The third-order valence-electron chi connectivity index (χ3n) is 5.06. The molecule has 25 heavy (non-hydrogen) atoms. The van der Waals surface area contributed by atoms with E-state index in [2.05, 4.69) is 30.8 Å². The molecule has 0 spiro atoms. The molecule has 1 aliphatic carbocycles. The van der Waals surface area contributed by atoms with Gasteiger partial charge in [-0.1, -0.05) is 0 Å². The molecule has 4 rings (SSSR count). The fraction of sp³-hybridized carbons (Fsp3) is 0.474. The third kappa shape index (κ3) is 3.27. The Hall–Kier alpha value is -2.68. The highest BCUT2D eigenvalue weighted by Crippen LogP contribution is 2.35. The van der Waals surface area contributed by atoms with Crippen LogP contribution in [0.15, 0.2) is 30.7 Å². The zero-order valence-electron chi connectivity index (χ0n) is 14.5. The van der Waals surface area contributed by atoms with Gasteiger partial charge in [0.15, 0.2) is 0 Å². The van der Waals surface area contributed by atoms with Crippen LogP contribution in [0.3, 0.4) is 0 Å². The summed E-state index contributed by atoms with van der Waals surface area (Å²) in [5.74, 6) is 1.88. The summed E-state index contributed by atoms with van der Waals surface area (Å²) in [6, 6.07) is 9.19. The second-order valence-electron chi connectivity index (χ2n) is 6.86. The topological polar surface area (TPSA) is 68.9 Å². The molecule has 0 N–H and O–H groups in total. The summed E-state index contributed by atoms with van der Waals surface area (Å²) >= 11 is 0. The van der Waals surface area contributed by atoms with Crippen LogP contribution in [0, 0.1) is 18.3 Å². The van der Waals surface area contributed by atoms with Crippen LogP contribution < -0.4 is 9.80 Å². The maximum absolute atomic E-state index is 9.37. The van der Waals surface area contributed by atoms with Gasteiger partial charge in [-0.05, 0) is 50.8 Å². The summed E-state index contributed by atoms with van der Waals surface area (Å²) in [6.45, 7) is 3.82. The zero-order valence-corrected chi connectivity index (χ0v) is 14.5. The van der Waals surface area contributed by atoms with Crippen LogP contribution in [0.25, 0.3) is 0 Å². The Labute approximate surface area is 148 Å². The number of nitriles is 1. The van der Waals surface area contributed by atoms with Gasteiger partial charge < -0.3 is 9.80 Å². The van der Waals surface area contributed by atoms with E-state index in [1.54, 1.807) is 6.33 Å². The summed E-state index contributed by atoms with van der Waals surface area (Å²) in [5.41, 5.74) is 1.62. The number of pyridine rings is 1. The normalized spacial score (nSPS) is 18.0. The van der Waals surface area contributed by atoms with Gasteiger partial charge in [-0.15, -0.1) is 0 Å². The van der Waals surface area contributed by atoms with Gasteiger partial charge >= 0.3 is 0 Å². The van der Waals surface area contributed by atoms with Crippen molar-refractivity contribution in [1.29, 1.82) is 5.26 Å². The van der Waals surface area contributed by atoms with E-state index in [0.717, 1.165) is 43.3 Å². The van der Waals surface area contributed by atoms with Crippen molar-refractivity contribution in [2.45, 2.75) is 44.7 Å². The molecule has 0 unspecified atom stereocenters. The molecule has 1 saturated carbocycles. The first-order valence-electron chi connectivity index (χ1n) is 8.93. The van der Waals surface area contributed by atoms with Gasteiger partial charge in [-0.3, -0.25) is 0 Å². The lowest BCUT2D eigenvalue weighted by atomic mass is 10.0. The highest BCUT2D eigenvalue weighted by molar-refractivity contribution is 5.55. The van der Waals surface area contributed by atoms with Crippen LogP contribution >= 0.6 is 0 Å². The molecule has 0 bridgehead atoms. The molecule has 128 valence electrons. The average molecular weight is 334 g/mol. The van der Waals surface area contributed by atoms with Crippen LogP contribution in [-0.4, -0.2) is 40.1 Å². The lowest BCUT2D eigenvalue weighted by Crippen LogP contribution is -2.46. The van der Waals surface area contributed by atoms with Crippen molar-refractivity contribution >= 4 is 11.6 Å². The van der Waals surface area contributed by atoms with Gasteiger partial charge in [0, 0.05) is 37.1 Å². The monoisotopic (exact) mass is 334 g/mol. The first-order valence-corrected chi connectivity index (χ1v) is 8.93. The number of piperidine rings is 1. The summed E-state index contributed by atoms with van der Waals surface area (Å²) < 4.78 is 0. The minimum absolute atomic E-state index is 0.494. The fourth-order valence-electron chi connectivity index (χ4n) is 3.69. The first-order chi connectivity index (χ1) is 12.3. The lowest BCUT2D eigenvalue weighted by Gasteiger charge is -2.40. The first kappa shape index (κ1) is 15.8. The standard InChI is InChI=1S/C19H22N6/c1-14-2-3-15(12-20)19(23-14)24-10-7-17(8-11-24)25(16-4-5-16)18-6-9-21-13-22-18/h2-3,6,9,13,16-17H,4-5,7-8,10-11H2,1H3. The molecule has 1 saturated heterocycles. The van der Waals surface area contributed by atoms with Crippen molar-refractivity contribution in [1.82, 2.24) is 15.0 Å². The molecule has 3 heterocycles. The fourth-order valence-corrected chi connectivity index (χ4v) is 3.69. The molecule has 0 aromatic carbocycles. The highest BCUT2D eigenvalue weighted by atomic mass is 15.3. The second-order valence-corrected chi connectivity index (χ2v) is 6.86. The van der Waals surface area contributed by atoms with Crippen LogP contribution in [0.1, 0.15) is 36.9 Å². The van der Waals surface area contributed by atoms with Gasteiger partial charge in [0.25, 0.3) is 0 Å². The Morgan fingerprint density at radius 3 is 2.52 bits per heavy atom. The number of rotatable bonds is 4. The van der Waals surface area contributed by atoms with Crippen molar-refractivity contribution in [2.24, 2.45) is 0 Å². The van der Waals surface area contributed by atoms with Crippen LogP contribution in [-0.2, 0) is 0 Å². The van der Waals surface area contributed by atoms with Crippen LogP contribution in [0.5, 0.6) is 0 Å². The molecule has 2 aromatic heterocycles. The Bertz CT molecular complexity index is 772. The van der Waals surface area contributed by atoms with Gasteiger partial charge in [0.1, 0.15) is 24.0 Å². The lowest BCUT2D eigenvalue weighted by molar-refractivity contribution is 0.457. The van der Waals surface area contributed by atoms with E-state index in [4.69, 9.17) is 0 Å². The zero-order chi connectivity index (χ0) is 17.2. The number of aromatic nitrogens is 3. The summed E-state index contributed by atoms with van der Waals surface area (Å²) in [7, 11) is 0. The van der Waals surface area contributed by atoms with Crippen molar-refractivity contribution in [3.63, 3.8) is 0 Å². The molecule has 0 radical (unpaired) electrons. The van der Waals surface area contributed by atoms with Gasteiger partial charge in [0.05, 0.1) is 5.56 Å². The van der Waals surface area contributed by atoms with Gasteiger partial charge in [-0.2, -0.15) is 5.26 Å². The van der Waals surface area contributed by atoms with E-state index in [1.165, 1.54) is 12.8 Å². The van der Waals surface area contributed by atoms with E-state index in [1.807, 2.05) is 31.3 Å². The molecule has 2 aliphatic rings. The summed E-state index contributed by atoms with van der Waals surface area (Å²) in [5, 5.41) is 9.37. The molecule has 2 aromatic rings. The highest BCUT2D eigenvalue weighted by Gasteiger charge is 2.36. The van der Waals surface area contributed by atoms with Gasteiger partial charge in [-0.25, -0.2) is 15.0 Å². The van der Waals surface area contributed by atoms with E-state index >= 15 is 0 Å². The maximum atomic E-state index is 9.37. The quantitative estimate of drug-likeness (QED) is 0.856. The predicted molar refractivity (Wildman–Crippen MR) is 96.5 cm³/mol. The van der Waals surface area contributed by atoms with E-state index < -0.39 is 0 Å². The number of hydrogen-bond donors (Lipinski definition) is 0. The number of hydrogen-bond acceptors (Lipinski definition) is 6. The van der Waals surface area contributed by atoms with Crippen LogP contribution in [0.4, 0.5) is 11.6 Å². The molecule has 6 heteroatoms. The SMILES string of the molecule is Cc1ccc(C#N)c(N2CCC(N(c3ccncn3)C3CC3)CC2)n1. The predicted octanol–water partition coefficient (Wildman–Crippen LogP) is 2.69. The Morgan fingerprint density at radius 1 is 1.12 bits per heavy atom. The minimum Gasteiger partial charge on any atom is -0.355 e. The number of aryl methyl sites for hydroxylation is 1. The minimum atomic E-state index is 0.494. The van der Waals surface area contributed by atoms with Crippen molar-refractivity contribution < 1.29 is 0 Å². The molecule has 0 amide bonds. The molecule has 1 aliphatic heterocycles. The largest absolute Gasteiger partial charge is 0.355 e. The smallest absolute Gasteiger partial charge is 0.146 e. The van der Waals surface area contributed by atoms with E-state index in [0.29, 0.717) is 17.6 Å². The molecule has 0 atom stereocenters. The Morgan fingerprint density at radius 2 is 1.88 bits per heavy atom. The Balaban J connectivity index is 1.50. The van der Waals surface area contributed by atoms with Gasteiger partial charge in [0.2, 0.25) is 0 Å². The molecule has 2 fully saturated rings. The maximum Gasteiger partial charge on any atom is 0.146 e. The van der Waals surface area contributed by atoms with E-state index in [9.17, 15) is 5.26 Å². The Kier molecular flexibility index (Phi) is 4.22. The van der Waals surface area contributed by atoms with E-state index in [-0.39, 0.29) is 0 Å². The van der Waals surface area contributed by atoms with Crippen molar-refractivity contribution in [2.75, 3.05) is 22.9 Å². The molecule has 6 nitrogen and oxygen atoms in total. The average Bonchev–Trinajstić information content (AvgIpc) is 3.48. The van der Waals surface area contributed by atoms with Crippen molar-refractivity contribution in [3.8, 4) is 6.07 Å². The van der Waals surface area contributed by atoms with Crippen LogP contribution in [0.2, 0.25) is 0 Å². The summed E-state index contributed by atoms with van der Waals surface area (Å²) in [6.07, 6.45) is 8.07. The second kappa shape index (κ2) is 6.67. The summed E-state index contributed by atoms with van der Waals surface area (Å²) in [4.78, 5) is 17.9. The molecular formula is C19H22N6.